The quantitative estimate of drug-likeness (QED) is 0.337. The van der Waals surface area contributed by atoms with Crippen LogP contribution in [-0.4, -0.2) is 25.8 Å². The molecule has 0 aliphatic carbocycles. The van der Waals surface area contributed by atoms with Gasteiger partial charge >= 0.3 is 0 Å². The zero-order valence-corrected chi connectivity index (χ0v) is 13.4. The van der Waals surface area contributed by atoms with Crippen LogP contribution in [0.25, 0.3) is 0 Å². The molecule has 2 aromatic carbocycles. The van der Waals surface area contributed by atoms with Gasteiger partial charge in [0.1, 0.15) is 12.4 Å². The van der Waals surface area contributed by atoms with E-state index in [2.05, 4.69) is 0 Å². The Hall–Kier alpha value is -3.05. The second-order valence-electron chi connectivity index (χ2n) is 4.79. The molecule has 1 amide bonds. The number of sulfonamides is 1. The maximum atomic E-state index is 14.1. The first-order valence-corrected chi connectivity index (χ1v) is 8.22. The summed E-state index contributed by atoms with van der Waals surface area (Å²) in [5.41, 5.74) is 0.911. The Bertz CT molecular complexity index is 919. The van der Waals surface area contributed by atoms with Gasteiger partial charge in [0.2, 0.25) is 0 Å². The van der Waals surface area contributed by atoms with Crippen molar-refractivity contribution in [1.82, 2.24) is 5.43 Å². The SMILES string of the molecule is NNC(=O)CN(c1ccccc1F)S(=O)(=O)c1cccc([N+](=O)[O-])c1. The lowest BCUT2D eigenvalue weighted by atomic mass is 10.3. The summed E-state index contributed by atoms with van der Waals surface area (Å²) in [6, 6.07) is 9.13. The number of nitro groups is 1. The van der Waals surface area contributed by atoms with Crippen molar-refractivity contribution in [2.75, 3.05) is 10.8 Å². The number of benzene rings is 2. The maximum absolute atomic E-state index is 14.1. The molecular formula is C14H13FN4O5S. The van der Waals surface area contributed by atoms with Crippen molar-refractivity contribution in [2.24, 2.45) is 5.84 Å². The van der Waals surface area contributed by atoms with Gasteiger partial charge in [-0.25, -0.2) is 18.7 Å². The van der Waals surface area contributed by atoms with Crippen LogP contribution in [-0.2, 0) is 14.8 Å². The van der Waals surface area contributed by atoms with Gasteiger partial charge in [0, 0.05) is 12.1 Å². The smallest absolute Gasteiger partial charge is 0.270 e. The lowest BCUT2D eigenvalue weighted by molar-refractivity contribution is -0.385. The number of hydrogen-bond donors (Lipinski definition) is 2. The second-order valence-corrected chi connectivity index (χ2v) is 6.65. The molecule has 2 rings (SSSR count). The molecule has 0 saturated heterocycles. The highest BCUT2D eigenvalue weighted by Crippen LogP contribution is 2.27. The minimum absolute atomic E-state index is 0.391. The zero-order valence-electron chi connectivity index (χ0n) is 12.6. The van der Waals surface area contributed by atoms with Gasteiger partial charge in [-0.05, 0) is 18.2 Å². The number of nitrogens with one attached hydrogen (secondary N) is 1. The van der Waals surface area contributed by atoms with E-state index in [0.717, 1.165) is 30.3 Å². The number of anilines is 1. The number of nitrogens with zero attached hydrogens (tertiary/aromatic N) is 2. The zero-order chi connectivity index (χ0) is 18.6. The molecule has 0 aliphatic rings. The number of nitrogens with two attached hydrogens (primary N) is 1. The summed E-state index contributed by atoms with van der Waals surface area (Å²) < 4.78 is 40.2. The molecule has 0 spiro atoms. The molecule has 132 valence electrons. The molecule has 9 nitrogen and oxygen atoms in total. The van der Waals surface area contributed by atoms with Crippen molar-refractivity contribution in [3.05, 3.63) is 64.5 Å². The van der Waals surface area contributed by atoms with E-state index in [9.17, 15) is 27.7 Å². The standard InChI is InChI=1S/C14H13FN4O5S/c15-12-6-1-2-7-13(12)18(9-14(20)17-16)25(23,24)11-5-3-4-10(8-11)19(21)22/h1-8H,9,16H2,(H,17,20). The minimum atomic E-state index is -4.47. The average Bonchev–Trinajstić information content (AvgIpc) is 2.60. The topological polar surface area (TPSA) is 136 Å². The Balaban J connectivity index is 2.59. The van der Waals surface area contributed by atoms with E-state index in [4.69, 9.17) is 5.84 Å². The van der Waals surface area contributed by atoms with E-state index in [1.54, 1.807) is 5.43 Å². The highest BCUT2D eigenvalue weighted by molar-refractivity contribution is 7.92. The van der Waals surface area contributed by atoms with Crippen molar-refractivity contribution in [3.8, 4) is 0 Å². The number of carbonyl (C=O) groups excluding carboxylic acids is 1. The number of para-hydroxylation sites is 1. The number of halogens is 1. The maximum Gasteiger partial charge on any atom is 0.270 e. The highest BCUT2D eigenvalue weighted by atomic mass is 32.2. The van der Waals surface area contributed by atoms with Crippen LogP contribution in [0.2, 0.25) is 0 Å². The summed E-state index contributed by atoms with van der Waals surface area (Å²) in [5, 5.41) is 10.9. The second kappa shape index (κ2) is 7.23. The lowest BCUT2D eigenvalue weighted by Crippen LogP contribution is -2.43. The Kier molecular flexibility index (Phi) is 5.29. The molecule has 0 bridgehead atoms. The number of hydrazine groups is 1. The number of non-ortho nitro benzene ring substituents is 1. The van der Waals surface area contributed by atoms with Gasteiger partial charge in [-0.15, -0.1) is 0 Å². The number of nitro benzene ring substituents is 1. The summed E-state index contributed by atoms with van der Waals surface area (Å²) in [4.78, 5) is 21.2. The Morgan fingerprint density at radius 1 is 1.24 bits per heavy atom. The first-order valence-electron chi connectivity index (χ1n) is 6.78. The monoisotopic (exact) mass is 368 g/mol. The van der Waals surface area contributed by atoms with E-state index in [1.165, 1.54) is 18.2 Å². The van der Waals surface area contributed by atoms with E-state index in [0.29, 0.717) is 4.31 Å². The molecule has 0 fully saturated rings. The Morgan fingerprint density at radius 2 is 1.92 bits per heavy atom. The number of rotatable bonds is 6. The summed E-state index contributed by atoms with van der Waals surface area (Å²) in [6.07, 6.45) is 0. The third kappa shape index (κ3) is 3.89. The molecule has 0 unspecified atom stereocenters. The van der Waals surface area contributed by atoms with Gasteiger partial charge in [-0.1, -0.05) is 18.2 Å². The van der Waals surface area contributed by atoms with Crippen LogP contribution in [0.3, 0.4) is 0 Å². The summed E-state index contributed by atoms with van der Waals surface area (Å²) >= 11 is 0. The van der Waals surface area contributed by atoms with Crippen LogP contribution in [0.4, 0.5) is 15.8 Å². The van der Waals surface area contributed by atoms with Crippen LogP contribution in [0.5, 0.6) is 0 Å². The van der Waals surface area contributed by atoms with Gasteiger partial charge in [-0.2, -0.15) is 0 Å². The summed E-state index contributed by atoms with van der Waals surface area (Å²) in [7, 11) is -4.47. The normalized spacial score (nSPS) is 11.0. The Labute approximate surface area is 142 Å². The minimum Gasteiger partial charge on any atom is -0.293 e. The highest BCUT2D eigenvalue weighted by Gasteiger charge is 2.30. The van der Waals surface area contributed by atoms with Crippen LogP contribution in [0, 0.1) is 15.9 Å². The molecule has 0 radical (unpaired) electrons. The summed E-state index contributed by atoms with van der Waals surface area (Å²) in [6.45, 7) is -0.803. The molecule has 11 heteroatoms. The van der Waals surface area contributed by atoms with Gasteiger partial charge in [0.05, 0.1) is 15.5 Å². The molecule has 2 aromatic rings. The number of hydrogen-bond acceptors (Lipinski definition) is 6. The molecule has 0 heterocycles. The van der Waals surface area contributed by atoms with E-state index < -0.39 is 49.5 Å². The third-order valence-electron chi connectivity index (χ3n) is 3.19. The van der Waals surface area contributed by atoms with Crippen LogP contribution in [0.15, 0.2) is 53.4 Å². The lowest BCUT2D eigenvalue weighted by Gasteiger charge is -2.24. The van der Waals surface area contributed by atoms with Gasteiger partial charge in [-0.3, -0.25) is 24.6 Å². The third-order valence-corrected chi connectivity index (χ3v) is 4.94. The van der Waals surface area contributed by atoms with Crippen molar-refractivity contribution >= 4 is 27.3 Å². The van der Waals surface area contributed by atoms with Crippen molar-refractivity contribution in [3.63, 3.8) is 0 Å². The first kappa shape index (κ1) is 18.3. The molecule has 0 aromatic heterocycles. The van der Waals surface area contributed by atoms with Crippen molar-refractivity contribution in [1.29, 1.82) is 0 Å². The average molecular weight is 368 g/mol. The van der Waals surface area contributed by atoms with E-state index in [-0.39, 0.29) is 0 Å². The number of carbonyl (C=O) groups is 1. The Morgan fingerprint density at radius 3 is 2.52 bits per heavy atom. The molecule has 25 heavy (non-hydrogen) atoms. The molecule has 0 saturated carbocycles. The van der Waals surface area contributed by atoms with Crippen LogP contribution < -0.4 is 15.6 Å². The first-order chi connectivity index (χ1) is 11.8. The fraction of sp³-hybridized carbons (Fsp3) is 0.0714. The number of amides is 1. The largest absolute Gasteiger partial charge is 0.293 e. The summed E-state index contributed by atoms with van der Waals surface area (Å²) in [5.74, 6) is 3.20. The molecule has 0 aliphatic heterocycles. The predicted octanol–water partition coefficient (Wildman–Crippen LogP) is 0.919. The van der Waals surface area contributed by atoms with E-state index >= 15 is 0 Å². The van der Waals surface area contributed by atoms with Gasteiger partial charge < -0.3 is 0 Å². The van der Waals surface area contributed by atoms with Gasteiger partial charge in [0.25, 0.3) is 21.6 Å². The van der Waals surface area contributed by atoms with Crippen molar-refractivity contribution in [2.45, 2.75) is 4.90 Å². The molecule has 0 atom stereocenters. The molecule has 3 N–H and O–H groups in total. The van der Waals surface area contributed by atoms with Crippen molar-refractivity contribution < 1.29 is 22.5 Å². The predicted molar refractivity (Wildman–Crippen MR) is 86.4 cm³/mol. The van der Waals surface area contributed by atoms with Crippen LogP contribution in [0.1, 0.15) is 0 Å². The fourth-order valence-corrected chi connectivity index (χ4v) is 3.48. The van der Waals surface area contributed by atoms with Gasteiger partial charge in [0.15, 0.2) is 0 Å². The molecular weight excluding hydrogens is 355 g/mol. The fourth-order valence-electron chi connectivity index (χ4n) is 2.01. The van der Waals surface area contributed by atoms with Crippen LogP contribution >= 0.6 is 0 Å². The van der Waals surface area contributed by atoms with E-state index in [1.807, 2.05) is 0 Å².